The van der Waals surface area contributed by atoms with E-state index in [1.165, 1.54) is 0 Å². The highest BCUT2D eigenvalue weighted by Crippen LogP contribution is 2.26. The molecule has 0 radical (unpaired) electrons. The van der Waals surface area contributed by atoms with Crippen LogP contribution in [0.5, 0.6) is 0 Å². The molecular formula is C16H13Cl4N5. The second-order valence-electron chi connectivity index (χ2n) is 5.12. The average Bonchev–Trinajstić information content (AvgIpc) is 3.02. The van der Waals surface area contributed by atoms with Crippen LogP contribution in [0.2, 0.25) is 20.1 Å². The number of hydrogen-bond acceptors (Lipinski definition) is 4. The van der Waals surface area contributed by atoms with Crippen LogP contribution in [0.1, 0.15) is 11.1 Å². The van der Waals surface area contributed by atoms with Gasteiger partial charge in [-0.25, -0.2) is 5.10 Å². The zero-order chi connectivity index (χ0) is 17.8. The van der Waals surface area contributed by atoms with E-state index < -0.39 is 0 Å². The molecule has 3 aromatic rings. The van der Waals surface area contributed by atoms with E-state index in [2.05, 4.69) is 25.8 Å². The number of nitrogens with zero attached hydrogens (tertiary/aromatic N) is 2. The second kappa shape index (κ2) is 8.15. The first-order valence-electron chi connectivity index (χ1n) is 7.30. The molecule has 2 aromatic carbocycles. The zero-order valence-corrected chi connectivity index (χ0v) is 15.8. The number of H-pyrrole nitrogens is 1. The fourth-order valence-corrected chi connectivity index (χ4v) is 3.22. The molecule has 1 aromatic heterocycles. The standard InChI is InChI=1S/C16H13Cl4N5/c17-11-3-1-4-12(18)9(11)7-21-15-23-16(25-24-15)22-8-10-13(19)5-2-6-14(10)20/h1-6H,7-8H2,(H3,21,22,23,24,25). The van der Waals surface area contributed by atoms with Crippen LogP contribution >= 0.6 is 46.4 Å². The maximum atomic E-state index is 6.14. The normalized spacial score (nSPS) is 10.7. The van der Waals surface area contributed by atoms with E-state index in [1.807, 2.05) is 0 Å². The summed E-state index contributed by atoms with van der Waals surface area (Å²) in [4.78, 5) is 4.30. The number of aromatic nitrogens is 3. The molecule has 0 fully saturated rings. The van der Waals surface area contributed by atoms with E-state index in [-0.39, 0.29) is 0 Å². The maximum Gasteiger partial charge on any atom is 0.243 e. The molecule has 3 N–H and O–H groups in total. The summed E-state index contributed by atoms with van der Waals surface area (Å²) < 4.78 is 0. The molecule has 0 saturated carbocycles. The minimum absolute atomic E-state index is 0.409. The highest BCUT2D eigenvalue weighted by molar-refractivity contribution is 6.36. The molecule has 0 amide bonds. The van der Waals surface area contributed by atoms with Crippen LogP contribution in [0.3, 0.4) is 0 Å². The van der Waals surface area contributed by atoms with Crippen LogP contribution in [0, 0.1) is 0 Å². The molecule has 0 aliphatic heterocycles. The molecule has 5 nitrogen and oxygen atoms in total. The van der Waals surface area contributed by atoms with E-state index in [1.54, 1.807) is 36.4 Å². The van der Waals surface area contributed by atoms with Crippen LogP contribution < -0.4 is 10.6 Å². The Bertz CT molecular complexity index is 770. The van der Waals surface area contributed by atoms with Crippen molar-refractivity contribution in [2.45, 2.75) is 13.1 Å². The predicted octanol–water partition coefficient (Wildman–Crippen LogP) is 5.64. The highest BCUT2D eigenvalue weighted by atomic mass is 35.5. The molecule has 0 aliphatic carbocycles. The van der Waals surface area contributed by atoms with Gasteiger partial charge in [-0.15, -0.1) is 5.10 Å². The summed E-state index contributed by atoms with van der Waals surface area (Å²) in [6, 6.07) is 10.7. The lowest BCUT2D eigenvalue weighted by Crippen LogP contribution is -2.04. The van der Waals surface area contributed by atoms with Crippen molar-refractivity contribution >= 4 is 58.3 Å². The van der Waals surface area contributed by atoms with E-state index in [9.17, 15) is 0 Å². The summed E-state index contributed by atoms with van der Waals surface area (Å²) in [7, 11) is 0. The summed E-state index contributed by atoms with van der Waals surface area (Å²) >= 11 is 24.6. The Morgan fingerprint density at radius 1 is 0.760 bits per heavy atom. The molecule has 25 heavy (non-hydrogen) atoms. The molecule has 0 bridgehead atoms. The molecule has 0 spiro atoms. The predicted molar refractivity (Wildman–Crippen MR) is 104 cm³/mol. The lowest BCUT2D eigenvalue weighted by atomic mass is 10.2. The molecular weight excluding hydrogens is 404 g/mol. The van der Waals surface area contributed by atoms with Crippen LogP contribution in [0.15, 0.2) is 36.4 Å². The van der Waals surface area contributed by atoms with Gasteiger partial charge in [0.2, 0.25) is 11.9 Å². The summed E-state index contributed by atoms with van der Waals surface area (Å²) in [5.74, 6) is 0.910. The minimum Gasteiger partial charge on any atom is -0.350 e. The minimum atomic E-state index is 0.409. The number of hydrogen-bond donors (Lipinski definition) is 3. The quantitative estimate of drug-likeness (QED) is 0.486. The number of nitrogens with one attached hydrogen (secondary N) is 3. The molecule has 0 unspecified atom stereocenters. The van der Waals surface area contributed by atoms with Gasteiger partial charge in [0.1, 0.15) is 0 Å². The van der Waals surface area contributed by atoms with Crippen molar-refractivity contribution < 1.29 is 0 Å². The van der Waals surface area contributed by atoms with Crippen molar-refractivity contribution in [1.29, 1.82) is 0 Å². The fourth-order valence-electron chi connectivity index (χ4n) is 2.16. The molecule has 9 heteroatoms. The molecule has 1 heterocycles. The van der Waals surface area contributed by atoms with E-state index in [4.69, 9.17) is 46.4 Å². The van der Waals surface area contributed by atoms with Gasteiger partial charge in [0.15, 0.2) is 0 Å². The number of halogens is 4. The number of aromatic amines is 1. The molecule has 0 aliphatic rings. The Labute approximate surface area is 164 Å². The lowest BCUT2D eigenvalue weighted by molar-refractivity contribution is 1.03. The Kier molecular flexibility index (Phi) is 5.91. The summed E-state index contributed by atoms with van der Waals surface area (Å²) in [6.07, 6.45) is 0. The third-order valence-corrected chi connectivity index (χ3v) is 4.88. The van der Waals surface area contributed by atoms with Crippen LogP contribution in [0.4, 0.5) is 11.9 Å². The summed E-state index contributed by atoms with van der Waals surface area (Å²) in [6.45, 7) is 0.829. The Hall–Kier alpha value is -1.66. The van der Waals surface area contributed by atoms with E-state index >= 15 is 0 Å². The number of anilines is 2. The van der Waals surface area contributed by atoms with E-state index in [0.29, 0.717) is 45.1 Å². The molecule has 3 rings (SSSR count). The molecule has 0 saturated heterocycles. The Balaban J connectivity index is 1.61. The third kappa shape index (κ3) is 4.50. The first-order chi connectivity index (χ1) is 12.0. The SMILES string of the molecule is Clc1cccc(Cl)c1CNc1n[nH]c(NCc2c(Cl)cccc2Cl)n1. The monoisotopic (exact) mass is 415 g/mol. The van der Waals surface area contributed by atoms with E-state index in [0.717, 1.165) is 11.1 Å². The largest absolute Gasteiger partial charge is 0.350 e. The van der Waals surface area contributed by atoms with Gasteiger partial charge in [-0.1, -0.05) is 58.5 Å². The Morgan fingerprint density at radius 2 is 1.24 bits per heavy atom. The number of benzene rings is 2. The van der Waals surface area contributed by atoms with Crippen LogP contribution in [-0.2, 0) is 13.1 Å². The van der Waals surface area contributed by atoms with Crippen molar-refractivity contribution in [3.63, 3.8) is 0 Å². The highest BCUT2D eigenvalue weighted by Gasteiger charge is 2.09. The van der Waals surface area contributed by atoms with Crippen molar-refractivity contribution in [2.75, 3.05) is 10.6 Å². The van der Waals surface area contributed by atoms with Gasteiger partial charge in [-0.3, -0.25) is 0 Å². The summed E-state index contributed by atoms with van der Waals surface area (Å²) in [5.41, 5.74) is 1.58. The van der Waals surface area contributed by atoms with Gasteiger partial charge >= 0.3 is 0 Å². The topological polar surface area (TPSA) is 65.6 Å². The third-order valence-electron chi connectivity index (χ3n) is 3.46. The van der Waals surface area contributed by atoms with Crippen LogP contribution in [0.25, 0.3) is 0 Å². The first-order valence-corrected chi connectivity index (χ1v) is 8.81. The Morgan fingerprint density at radius 3 is 1.76 bits per heavy atom. The van der Waals surface area contributed by atoms with Gasteiger partial charge in [-0.2, -0.15) is 4.98 Å². The van der Waals surface area contributed by atoms with Crippen molar-refractivity contribution in [3.05, 3.63) is 67.6 Å². The molecule has 130 valence electrons. The fraction of sp³-hybridized carbons (Fsp3) is 0.125. The number of rotatable bonds is 6. The van der Waals surface area contributed by atoms with Gasteiger partial charge in [-0.05, 0) is 24.3 Å². The summed E-state index contributed by atoms with van der Waals surface area (Å²) in [5, 5.41) is 15.4. The first kappa shape index (κ1) is 18.1. The van der Waals surface area contributed by atoms with Gasteiger partial charge in [0.25, 0.3) is 0 Å². The van der Waals surface area contributed by atoms with Crippen molar-refractivity contribution in [3.8, 4) is 0 Å². The van der Waals surface area contributed by atoms with Gasteiger partial charge in [0.05, 0.1) is 0 Å². The molecule has 0 atom stereocenters. The average molecular weight is 417 g/mol. The van der Waals surface area contributed by atoms with Crippen molar-refractivity contribution in [2.24, 2.45) is 0 Å². The van der Waals surface area contributed by atoms with Crippen LogP contribution in [-0.4, -0.2) is 15.2 Å². The van der Waals surface area contributed by atoms with Gasteiger partial charge < -0.3 is 10.6 Å². The zero-order valence-electron chi connectivity index (χ0n) is 12.8. The van der Waals surface area contributed by atoms with Gasteiger partial charge in [0, 0.05) is 44.3 Å². The van der Waals surface area contributed by atoms with Crippen molar-refractivity contribution in [1.82, 2.24) is 15.2 Å². The smallest absolute Gasteiger partial charge is 0.243 e. The second-order valence-corrected chi connectivity index (χ2v) is 6.74. The lowest BCUT2D eigenvalue weighted by Gasteiger charge is -2.07. The maximum absolute atomic E-state index is 6.14.